The number of hydrogen-bond donors (Lipinski definition) is 1. The smallest absolute Gasteiger partial charge is 0.255 e. The lowest BCUT2D eigenvalue weighted by molar-refractivity contribution is 0.102. The molecule has 0 radical (unpaired) electrons. The highest BCUT2D eigenvalue weighted by atomic mass is 32.2. The van der Waals surface area contributed by atoms with Crippen molar-refractivity contribution in [2.75, 3.05) is 19.4 Å². The van der Waals surface area contributed by atoms with Crippen LogP contribution in [-0.4, -0.2) is 42.9 Å². The van der Waals surface area contributed by atoms with Crippen molar-refractivity contribution in [1.29, 1.82) is 0 Å². The van der Waals surface area contributed by atoms with E-state index < -0.39 is 10.0 Å². The quantitative estimate of drug-likeness (QED) is 0.682. The molecule has 0 fully saturated rings. The molecule has 0 aliphatic rings. The molecule has 2 aromatic carbocycles. The van der Waals surface area contributed by atoms with Crippen molar-refractivity contribution in [3.05, 3.63) is 60.0 Å². The molecule has 0 aliphatic heterocycles. The summed E-state index contributed by atoms with van der Waals surface area (Å²) < 4.78 is 30.8. The molecule has 28 heavy (non-hydrogen) atoms. The first-order valence-corrected chi connectivity index (χ1v) is 10.0. The van der Waals surface area contributed by atoms with Gasteiger partial charge in [-0.2, -0.15) is 0 Å². The van der Waals surface area contributed by atoms with Gasteiger partial charge in [0.05, 0.1) is 4.90 Å². The summed E-state index contributed by atoms with van der Waals surface area (Å²) in [4.78, 5) is 12.5. The number of aryl methyl sites for hydroxylation is 1. The number of rotatable bonds is 6. The number of anilines is 1. The average Bonchev–Trinajstić information content (AvgIpc) is 3.18. The fourth-order valence-corrected chi connectivity index (χ4v) is 3.30. The number of benzene rings is 2. The number of hydrogen-bond acceptors (Lipinski definition) is 6. The van der Waals surface area contributed by atoms with Crippen molar-refractivity contribution < 1.29 is 17.6 Å². The molecule has 0 aliphatic carbocycles. The van der Waals surface area contributed by atoms with Gasteiger partial charge in [-0.1, -0.05) is 6.92 Å². The van der Waals surface area contributed by atoms with E-state index in [0.29, 0.717) is 29.5 Å². The Morgan fingerprint density at radius 3 is 2.21 bits per heavy atom. The Kier molecular flexibility index (Phi) is 5.57. The standard InChI is InChI=1S/C19H20N4O4S/c1-4-17-21-22-19(27-17)14-5-9-15(10-6-14)20-18(24)13-7-11-16(12-8-13)28(25,26)23(2)3/h5-12H,4H2,1-3H3,(H,20,24). The molecule has 1 amide bonds. The SMILES string of the molecule is CCc1nnc(-c2ccc(NC(=O)c3ccc(S(=O)(=O)N(C)C)cc3)cc2)o1. The maximum atomic E-state index is 12.4. The molecular formula is C19H20N4O4S. The molecule has 146 valence electrons. The van der Waals surface area contributed by atoms with Gasteiger partial charge < -0.3 is 9.73 Å². The van der Waals surface area contributed by atoms with Crippen molar-refractivity contribution in [2.24, 2.45) is 0 Å². The zero-order chi connectivity index (χ0) is 20.3. The fourth-order valence-electron chi connectivity index (χ4n) is 2.40. The summed E-state index contributed by atoms with van der Waals surface area (Å²) in [6.07, 6.45) is 0.662. The predicted octanol–water partition coefficient (Wildman–Crippen LogP) is 2.80. The summed E-state index contributed by atoms with van der Waals surface area (Å²) in [5.74, 6) is 0.645. The van der Waals surface area contributed by atoms with Crippen LogP contribution in [0.15, 0.2) is 57.8 Å². The van der Waals surface area contributed by atoms with Crippen molar-refractivity contribution in [3.63, 3.8) is 0 Å². The van der Waals surface area contributed by atoms with Crippen LogP contribution in [0.5, 0.6) is 0 Å². The second-order valence-corrected chi connectivity index (χ2v) is 8.35. The van der Waals surface area contributed by atoms with E-state index in [2.05, 4.69) is 15.5 Å². The second-order valence-electron chi connectivity index (χ2n) is 6.20. The van der Waals surface area contributed by atoms with Crippen LogP contribution in [0.3, 0.4) is 0 Å². The molecule has 3 rings (SSSR count). The maximum Gasteiger partial charge on any atom is 0.255 e. The van der Waals surface area contributed by atoms with Gasteiger partial charge in [-0.25, -0.2) is 12.7 Å². The molecule has 1 heterocycles. The van der Waals surface area contributed by atoms with E-state index in [1.807, 2.05) is 6.92 Å². The van der Waals surface area contributed by atoms with Gasteiger partial charge in [0, 0.05) is 37.3 Å². The minimum atomic E-state index is -3.53. The first kappa shape index (κ1) is 19.7. The fraction of sp³-hybridized carbons (Fsp3) is 0.211. The lowest BCUT2D eigenvalue weighted by Gasteiger charge is -2.11. The molecular weight excluding hydrogens is 380 g/mol. The number of carbonyl (C=O) groups is 1. The average molecular weight is 400 g/mol. The number of nitrogens with zero attached hydrogens (tertiary/aromatic N) is 3. The summed E-state index contributed by atoms with van der Waals surface area (Å²) >= 11 is 0. The van der Waals surface area contributed by atoms with Gasteiger partial charge >= 0.3 is 0 Å². The summed E-state index contributed by atoms with van der Waals surface area (Å²) in [6.45, 7) is 1.93. The van der Waals surface area contributed by atoms with E-state index in [9.17, 15) is 13.2 Å². The Balaban J connectivity index is 1.71. The van der Waals surface area contributed by atoms with Gasteiger partial charge in [0.2, 0.25) is 21.8 Å². The van der Waals surface area contributed by atoms with Gasteiger partial charge in [0.1, 0.15) is 0 Å². The van der Waals surface area contributed by atoms with Crippen LogP contribution in [0.1, 0.15) is 23.2 Å². The van der Waals surface area contributed by atoms with Crippen LogP contribution < -0.4 is 5.32 Å². The Hall–Kier alpha value is -3.04. The first-order chi connectivity index (χ1) is 13.3. The second kappa shape index (κ2) is 7.91. The zero-order valence-electron chi connectivity index (χ0n) is 15.7. The molecule has 0 saturated heterocycles. The number of aromatic nitrogens is 2. The van der Waals surface area contributed by atoms with Gasteiger partial charge in [0.15, 0.2) is 0 Å². The third-order valence-electron chi connectivity index (χ3n) is 4.05. The summed E-state index contributed by atoms with van der Waals surface area (Å²) in [6, 6.07) is 12.8. The summed E-state index contributed by atoms with van der Waals surface area (Å²) in [5.41, 5.74) is 1.70. The normalized spacial score (nSPS) is 11.6. The van der Waals surface area contributed by atoms with Crippen LogP contribution in [0, 0.1) is 0 Å². The van der Waals surface area contributed by atoms with Crippen LogP contribution in [-0.2, 0) is 16.4 Å². The molecule has 3 aromatic rings. The van der Waals surface area contributed by atoms with E-state index in [1.165, 1.54) is 38.4 Å². The monoisotopic (exact) mass is 400 g/mol. The van der Waals surface area contributed by atoms with Crippen LogP contribution in [0.4, 0.5) is 5.69 Å². The van der Waals surface area contributed by atoms with Crippen LogP contribution >= 0.6 is 0 Å². The van der Waals surface area contributed by atoms with E-state index in [-0.39, 0.29) is 10.8 Å². The van der Waals surface area contributed by atoms with Gasteiger partial charge in [-0.15, -0.1) is 10.2 Å². The third-order valence-corrected chi connectivity index (χ3v) is 5.88. The molecule has 0 atom stereocenters. The van der Waals surface area contributed by atoms with Gasteiger partial charge in [-0.3, -0.25) is 4.79 Å². The Morgan fingerprint density at radius 2 is 1.68 bits per heavy atom. The van der Waals surface area contributed by atoms with Crippen LogP contribution in [0.2, 0.25) is 0 Å². The topological polar surface area (TPSA) is 105 Å². The highest BCUT2D eigenvalue weighted by Crippen LogP contribution is 2.21. The molecule has 0 spiro atoms. The first-order valence-electron chi connectivity index (χ1n) is 8.58. The molecule has 0 saturated carbocycles. The van der Waals surface area contributed by atoms with E-state index >= 15 is 0 Å². The lowest BCUT2D eigenvalue weighted by atomic mass is 10.2. The van der Waals surface area contributed by atoms with Crippen molar-refractivity contribution in [3.8, 4) is 11.5 Å². The number of carbonyl (C=O) groups excluding carboxylic acids is 1. The van der Waals surface area contributed by atoms with Crippen molar-refractivity contribution in [2.45, 2.75) is 18.2 Å². The van der Waals surface area contributed by atoms with E-state index in [1.54, 1.807) is 24.3 Å². The molecule has 0 bridgehead atoms. The van der Waals surface area contributed by atoms with Crippen LogP contribution in [0.25, 0.3) is 11.5 Å². The highest BCUT2D eigenvalue weighted by molar-refractivity contribution is 7.89. The Morgan fingerprint density at radius 1 is 1.04 bits per heavy atom. The van der Waals surface area contributed by atoms with Gasteiger partial charge in [-0.05, 0) is 48.5 Å². The minimum Gasteiger partial charge on any atom is -0.421 e. The zero-order valence-corrected chi connectivity index (χ0v) is 16.5. The van der Waals surface area contributed by atoms with Gasteiger partial charge in [0.25, 0.3) is 5.91 Å². The van der Waals surface area contributed by atoms with E-state index in [0.717, 1.165) is 9.87 Å². The maximum absolute atomic E-state index is 12.4. The minimum absolute atomic E-state index is 0.129. The van der Waals surface area contributed by atoms with Crippen molar-refractivity contribution in [1.82, 2.24) is 14.5 Å². The Labute approximate surface area is 163 Å². The van der Waals surface area contributed by atoms with E-state index in [4.69, 9.17) is 4.42 Å². The van der Waals surface area contributed by atoms with Crippen molar-refractivity contribution >= 4 is 21.6 Å². The predicted molar refractivity (Wildman–Crippen MR) is 104 cm³/mol. The number of amides is 1. The third kappa shape index (κ3) is 4.10. The largest absolute Gasteiger partial charge is 0.421 e. The molecule has 8 nitrogen and oxygen atoms in total. The highest BCUT2D eigenvalue weighted by Gasteiger charge is 2.17. The molecule has 1 N–H and O–H groups in total. The summed E-state index contributed by atoms with van der Waals surface area (Å²) in [5, 5.41) is 10.7. The number of sulfonamides is 1. The summed E-state index contributed by atoms with van der Waals surface area (Å²) in [7, 11) is -0.617. The molecule has 1 aromatic heterocycles. The molecule has 9 heteroatoms. The number of nitrogens with one attached hydrogen (secondary N) is 1. The lowest BCUT2D eigenvalue weighted by Crippen LogP contribution is -2.22. The Bertz CT molecular complexity index is 1070. The molecule has 0 unspecified atom stereocenters.